The SMILES string of the molecule is Cc1cccc2c1-c1cc(C3CC3)c(F)c(c1)[C@H](CC(=O)O)NC(=O)[C@@H](n1cc(CCCN(C)C)c(C(F)(F)F)cc1=O)CCCCCCC2. The molecule has 2 bridgehead atoms. The highest BCUT2D eigenvalue weighted by Crippen LogP contribution is 2.45. The summed E-state index contributed by atoms with van der Waals surface area (Å²) in [7, 11) is 3.63. The molecule has 1 saturated carbocycles. The van der Waals surface area contributed by atoms with Crippen LogP contribution in [0.5, 0.6) is 0 Å². The molecule has 11 heteroatoms. The van der Waals surface area contributed by atoms with Crippen molar-refractivity contribution in [2.24, 2.45) is 0 Å². The number of aliphatic carboxylic acids is 1. The number of halogens is 4. The van der Waals surface area contributed by atoms with Gasteiger partial charge in [-0.25, -0.2) is 4.39 Å². The molecule has 1 aliphatic carbocycles. The van der Waals surface area contributed by atoms with E-state index in [9.17, 15) is 32.7 Å². The third-order valence-corrected chi connectivity index (χ3v) is 9.95. The van der Waals surface area contributed by atoms with E-state index in [-0.39, 0.29) is 29.9 Å². The number of aryl methyl sites for hydroxylation is 3. The molecule has 7 nitrogen and oxygen atoms in total. The van der Waals surface area contributed by atoms with Crippen LogP contribution in [0.25, 0.3) is 11.1 Å². The standard InChI is InChI=1S/C39H47F4N3O4/c1-24-11-9-13-26-12-7-5-4-6-8-15-33(46-23-27(14-10-18-45(2)3)31(21-34(46)47)39(41,42)43)38(50)44-32(22-35(48)49)30-20-28(36(24)26)19-29(37(30)40)25-16-17-25/h9,11,13,19-21,23,25,32-33H,4-8,10,12,14-18,22H2,1-3H3,(H,44,50)(H,48,49)/t32-,33-/m0/s1. The number of aromatic nitrogens is 1. The van der Waals surface area contributed by atoms with E-state index >= 15 is 4.39 Å². The van der Waals surface area contributed by atoms with Gasteiger partial charge in [-0.1, -0.05) is 43.9 Å². The Balaban J connectivity index is 1.62. The lowest BCUT2D eigenvalue weighted by Crippen LogP contribution is -2.40. The highest BCUT2D eigenvalue weighted by Gasteiger charge is 2.36. The van der Waals surface area contributed by atoms with Gasteiger partial charge in [0.05, 0.1) is 18.0 Å². The number of nitrogens with zero attached hydrogens (tertiary/aromatic N) is 2. The summed E-state index contributed by atoms with van der Waals surface area (Å²) in [6.07, 6.45) is 2.65. The van der Waals surface area contributed by atoms with Crippen LogP contribution in [-0.2, 0) is 28.6 Å². The van der Waals surface area contributed by atoms with Crippen LogP contribution >= 0.6 is 0 Å². The molecular weight excluding hydrogens is 650 g/mol. The normalized spacial score (nSPS) is 19.2. The second-order valence-electron chi connectivity index (χ2n) is 14.2. The average Bonchev–Trinajstić information content (AvgIpc) is 3.87. The van der Waals surface area contributed by atoms with Gasteiger partial charge in [-0.15, -0.1) is 0 Å². The second kappa shape index (κ2) is 15.9. The van der Waals surface area contributed by atoms with E-state index in [1.807, 2.05) is 44.1 Å². The summed E-state index contributed by atoms with van der Waals surface area (Å²) in [5.74, 6) is -2.58. The lowest BCUT2D eigenvalue weighted by Gasteiger charge is -2.26. The monoisotopic (exact) mass is 697 g/mol. The van der Waals surface area contributed by atoms with Crippen molar-refractivity contribution < 1.29 is 32.3 Å². The first-order chi connectivity index (χ1) is 23.7. The van der Waals surface area contributed by atoms with Gasteiger partial charge in [0.15, 0.2) is 0 Å². The topological polar surface area (TPSA) is 91.6 Å². The van der Waals surface area contributed by atoms with E-state index in [1.165, 1.54) is 0 Å². The fourth-order valence-corrected chi connectivity index (χ4v) is 7.25. The van der Waals surface area contributed by atoms with Crippen LogP contribution in [0.4, 0.5) is 17.6 Å². The lowest BCUT2D eigenvalue weighted by molar-refractivity contribution is -0.139. The molecule has 2 N–H and O–H groups in total. The Kier molecular flexibility index (Phi) is 11.9. The number of hydrogen-bond acceptors (Lipinski definition) is 4. The van der Waals surface area contributed by atoms with E-state index < -0.39 is 53.5 Å². The summed E-state index contributed by atoms with van der Waals surface area (Å²) in [5.41, 5.74) is 2.28. The van der Waals surface area contributed by atoms with Gasteiger partial charge in [0.1, 0.15) is 11.9 Å². The maximum absolute atomic E-state index is 16.4. The minimum absolute atomic E-state index is 0.0164. The third-order valence-electron chi connectivity index (χ3n) is 9.95. The maximum Gasteiger partial charge on any atom is 0.416 e. The first-order valence-electron chi connectivity index (χ1n) is 17.7. The van der Waals surface area contributed by atoms with Crippen molar-refractivity contribution in [3.8, 4) is 11.1 Å². The van der Waals surface area contributed by atoms with Gasteiger partial charge in [-0.05, 0) is 124 Å². The fourth-order valence-electron chi connectivity index (χ4n) is 7.25. The van der Waals surface area contributed by atoms with E-state index in [4.69, 9.17) is 0 Å². The molecule has 0 radical (unpaired) electrons. The van der Waals surface area contributed by atoms with E-state index in [0.717, 1.165) is 78.0 Å². The zero-order valence-corrected chi connectivity index (χ0v) is 29.0. The Labute approximate surface area is 290 Å². The van der Waals surface area contributed by atoms with Crippen molar-refractivity contribution >= 4 is 11.9 Å². The van der Waals surface area contributed by atoms with Crippen LogP contribution in [0.15, 0.2) is 47.4 Å². The molecule has 2 aliphatic rings. The Morgan fingerprint density at radius 3 is 2.38 bits per heavy atom. The second-order valence-corrected chi connectivity index (χ2v) is 14.2. The molecule has 0 saturated heterocycles. The van der Waals surface area contributed by atoms with Gasteiger partial charge in [-0.2, -0.15) is 13.2 Å². The smallest absolute Gasteiger partial charge is 0.416 e. The number of amides is 1. The van der Waals surface area contributed by atoms with E-state index in [2.05, 4.69) is 11.4 Å². The molecule has 0 unspecified atom stereocenters. The van der Waals surface area contributed by atoms with Crippen molar-refractivity contribution in [2.75, 3.05) is 20.6 Å². The summed E-state index contributed by atoms with van der Waals surface area (Å²) < 4.78 is 59.8. The number of carboxylic acid groups (broad SMARTS) is 1. The molecule has 5 rings (SSSR count). The number of benzene rings is 2. The Morgan fingerprint density at radius 2 is 1.70 bits per heavy atom. The third kappa shape index (κ3) is 9.02. The summed E-state index contributed by atoms with van der Waals surface area (Å²) in [4.78, 5) is 41.7. The maximum atomic E-state index is 16.4. The van der Waals surface area contributed by atoms with Gasteiger partial charge in [-0.3, -0.25) is 14.4 Å². The molecule has 1 fully saturated rings. The zero-order chi connectivity index (χ0) is 36.2. The van der Waals surface area contributed by atoms with Gasteiger partial charge in [0.25, 0.3) is 5.56 Å². The average molecular weight is 698 g/mol. The van der Waals surface area contributed by atoms with Crippen LogP contribution in [0, 0.1) is 12.7 Å². The molecule has 2 heterocycles. The molecular formula is C39H47F4N3O4. The number of rotatable bonds is 8. The first-order valence-corrected chi connectivity index (χ1v) is 17.7. The first kappa shape index (κ1) is 37.3. The van der Waals surface area contributed by atoms with Crippen LogP contribution in [0.3, 0.4) is 0 Å². The molecule has 1 aromatic heterocycles. The molecule has 2 atom stereocenters. The van der Waals surface area contributed by atoms with Crippen LogP contribution < -0.4 is 10.9 Å². The minimum Gasteiger partial charge on any atom is -0.481 e. The van der Waals surface area contributed by atoms with Crippen molar-refractivity contribution in [1.82, 2.24) is 14.8 Å². The fraction of sp³-hybridized carbons (Fsp3) is 0.513. The van der Waals surface area contributed by atoms with E-state index in [0.29, 0.717) is 31.0 Å². The predicted octanol–water partition coefficient (Wildman–Crippen LogP) is 8.12. The van der Waals surface area contributed by atoms with Gasteiger partial charge < -0.3 is 19.9 Å². The van der Waals surface area contributed by atoms with Crippen molar-refractivity contribution in [2.45, 2.75) is 108 Å². The number of carbonyl (C=O) groups excluding carboxylic acids is 1. The van der Waals surface area contributed by atoms with Gasteiger partial charge in [0, 0.05) is 17.8 Å². The Bertz CT molecular complexity index is 1760. The molecule has 270 valence electrons. The minimum atomic E-state index is -4.76. The molecule has 1 amide bonds. The summed E-state index contributed by atoms with van der Waals surface area (Å²) in [6.45, 7) is 2.52. The number of nitrogens with one attached hydrogen (secondary N) is 1. The summed E-state index contributed by atoms with van der Waals surface area (Å²) >= 11 is 0. The molecule has 0 spiro atoms. The molecule has 3 aromatic rings. The quantitative estimate of drug-likeness (QED) is 0.232. The highest BCUT2D eigenvalue weighted by molar-refractivity contribution is 5.82. The number of alkyl halides is 3. The predicted molar refractivity (Wildman–Crippen MR) is 185 cm³/mol. The number of fused-ring (bicyclic) bond motifs is 4. The summed E-state index contributed by atoms with van der Waals surface area (Å²) in [5, 5.41) is 12.7. The van der Waals surface area contributed by atoms with Crippen molar-refractivity contribution in [3.05, 3.63) is 92.1 Å². The Hall–Kier alpha value is -3.99. The van der Waals surface area contributed by atoms with Crippen molar-refractivity contribution in [1.29, 1.82) is 0 Å². The number of pyridine rings is 1. The summed E-state index contributed by atoms with van der Waals surface area (Å²) in [6, 6.07) is 7.60. The Morgan fingerprint density at radius 1 is 1.00 bits per heavy atom. The van der Waals surface area contributed by atoms with Gasteiger partial charge in [0.2, 0.25) is 5.91 Å². The number of hydrogen-bond donors (Lipinski definition) is 2. The lowest BCUT2D eigenvalue weighted by atomic mass is 9.87. The number of carboxylic acids is 1. The molecule has 1 aliphatic heterocycles. The highest BCUT2D eigenvalue weighted by atomic mass is 19.4. The number of carbonyl (C=O) groups is 2. The molecule has 2 aromatic carbocycles. The largest absolute Gasteiger partial charge is 0.481 e. The van der Waals surface area contributed by atoms with Crippen LogP contribution in [0.2, 0.25) is 0 Å². The van der Waals surface area contributed by atoms with Crippen molar-refractivity contribution in [3.63, 3.8) is 0 Å². The van der Waals surface area contributed by atoms with Gasteiger partial charge >= 0.3 is 12.1 Å². The zero-order valence-electron chi connectivity index (χ0n) is 29.0. The van der Waals surface area contributed by atoms with E-state index in [1.54, 1.807) is 6.07 Å². The van der Waals surface area contributed by atoms with Crippen LogP contribution in [-0.4, -0.2) is 47.1 Å². The molecule has 50 heavy (non-hydrogen) atoms. The van der Waals surface area contributed by atoms with Crippen LogP contribution in [0.1, 0.15) is 116 Å².